The molecule has 0 bridgehead atoms. The molecular weight excluding hydrogens is 506 g/mol. The number of carbonyl (C=O) groups is 3. The van der Waals surface area contributed by atoms with E-state index in [9.17, 15) is 27.6 Å². The molecule has 0 unspecified atom stereocenters. The Morgan fingerprint density at radius 3 is 2.29 bits per heavy atom. The molecule has 2 aromatic rings. The van der Waals surface area contributed by atoms with Crippen LogP contribution in [0.15, 0.2) is 30.3 Å². The van der Waals surface area contributed by atoms with Gasteiger partial charge in [0.15, 0.2) is 11.6 Å². The highest BCUT2D eigenvalue weighted by molar-refractivity contribution is 6.04. The lowest BCUT2D eigenvalue weighted by Crippen LogP contribution is -2.43. The third-order valence-electron chi connectivity index (χ3n) is 6.72. The lowest BCUT2D eigenvalue weighted by Gasteiger charge is -2.34. The highest BCUT2D eigenvalue weighted by Gasteiger charge is 2.36. The van der Waals surface area contributed by atoms with E-state index in [0.717, 1.165) is 44.2 Å². The second-order valence-electron chi connectivity index (χ2n) is 9.85. The predicted octanol–water partition coefficient (Wildman–Crippen LogP) is 6.73. The second kappa shape index (κ2) is 12.0. The summed E-state index contributed by atoms with van der Waals surface area (Å²) in [6.07, 6.45) is -1.54. The Labute approximate surface area is 218 Å². The van der Waals surface area contributed by atoms with Crippen LogP contribution in [0.1, 0.15) is 67.9 Å². The van der Waals surface area contributed by atoms with Crippen molar-refractivity contribution in [2.24, 2.45) is 11.8 Å². The maximum atomic E-state index is 15.3. The maximum absolute atomic E-state index is 15.3. The fourth-order valence-electron chi connectivity index (χ4n) is 4.68. The lowest BCUT2D eigenvalue weighted by atomic mass is 9.82. The summed E-state index contributed by atoms with van der Waals surface area (Å²) in [5.41, 5.74) is -1.36. The van der Waals surface area contributed by atoms with Crippen molar-refractivity contribution in [3.05, 3.63) is 52.8 Å². The number of nitrogens with zero attached hydrogens (tertiary/aromatic N) is 1. The van der Waals surface area contributed by atoms with E-state index in [0.29, 0.717) is 25.0 Å². The van der Waals surface area contributed by atoms with Crippen LogP contribution in [0.3, 0.4) is 0 Å². The molecule has 0 aromatic heterocycles. The number of benzene rings is 2. The molecule has 6 nitrogen and oxygen atoms in total. The minimum atomic E-state index is -4.85. The summed E-state index contributed by atoms with van der Waals surface area (Å²) in [6.45, 7) is 5.57. The minimum Gasteiger partial charge on any atom is -0.465 e. The Kier molecular flexibility index (Phi) is 9.17. The van der Waals surface area contributed by atoms with Crippen molar-refractivity contribution < 1.29 is 41.4 Å². The van der Waals surface area contributed by atoms with Gasteiger partial charge in [0, 0.05) is 30.5 Å². The number of esters is 1. The van der Waals surface area contributed by atoms with Gasteiger partial charge in [-0.05, 0) is 63.1 Å². The van der Waals surface area contributed by atoms with Crippen LogP contribution in [-0.2, 0) is 26.9 Å². The average Bonchev–Trinajstić information content (AvgIpc) is 2.85. The van der Waals surface area contributed by atoms with Crippen LogP contribution in [0.25, 0.3) is 0 Å². The molecule has 0 N–H and O–H groups in total. The molecule has 1 saturated carbocycles. The van der Waals surface area contributed by atoms with E-state index in [-0.39, 0.29) is 35.1 Å². The van der Waals surface area contributed by atoms with Crippen molar-refractivity contribution in [2.45, 2.75) is 65.1 Å². The van der Waals surface area contributed by atoms with Crippen LogP contribution in [-0.4, -0.2) is 31.3 Å². The molecule has 0 atom stereocenters. The van der Waals surface area contributed by atoms with Gasteiger partial charge in [-0.2, -0.15) is 13.2 Å². The third kappa shape index (κ3) is 6.52. The van der Waals surface area contributed by atoms with Crippen molar-refractivity contribution in [3.8, 4) is 11.5 Å². The Hall–Kier alpha value is -3.43. The Bertz CT molecular complexity index is 1190. The number of amides is 1. The van der Waals surface area contributed by atoms with Crippen molar-refractivity contribution in [2.75, 3.05) is 12.0 Å². The smallest absolute Gasteiger partial charge is 0.419 e. The SMILES string of the molecule is COC(=O)c1cc(Oc2ccc(CC=O)cc2C(F)(F)F)c(F)cc1N(C(=O)C1CCC(C)CC1)C(C)C. The Morgan fingerprint density at radius 1 is 1.08 bits per heavy atom. The molecule has 1 aliphatic carbocycles. The van der Waals surface area contributed by atoms with Crippen molar-refractivity contribution >= 4 is 23.9 Å². The highest BCUT2D eigenvalue weighted by atomic mass is 19.4. The molecule has 0 heterocycles. The molecule has 1 amide bonds. The molecule has 1 aliphatic rings. The number of ether oxygens (including phenoxy) is 2. The van der Waals surface area contributed by atoms with Crippen molar-refractivity contribution in [1.82, 2.24) is 0 Å². The fraction of sp³-hybridized carbons (Fsp3) is 0.464. The zero-order valence-corrected chi connectivity index (χ0v) is 21.7. The van der Waals surface area contributed by atoms with E-state index in [1.165, 1.54) is 11.0 Å². The van der Waals surface area contributed by atoms with Crippen molar-refractivity contribution in [3.63, 3.8) is 0 Å². The Balaban J connectivity index is 2.07. The quantitative estimate of drug-likeness (QED) is 0.212. The number of aldehydes is 1. The van der Waals surface area contributed by atoms with E-state index in [4.69, 9.17) is 9.47 Å². The van der Waals surface area contributed by atoms with Gasteiger partial charge in [0.2, 0.25) is 5.91 Å². The number of hydrogen-bond donors (Lipinski definition) is 0. The number of methoxy groups -OCH3 is 1. The summed E-state index contributed by atoms with van der Waals surface area (Å²) in [5.74, 6) is -3.37. The average molecular weight is 538 g/mol. The van der Waals surface area contributed by atoms with Crippen LogP contribution in [0, 0.1) is 17.7 Å². The predicted molar refractivity (Wildman–Crippen MR) is 133 cm³/mol. The first-order valence-electron chi connectivity index (χ1n) is 12.4. The number of hydrogen-bond acceptors (Lipinski definition) is 5. The van der Waals surface area contributed by atoms with Crippen LogP contribution in [0.5, 0.6) is 11.5 Å². The lowest BCUT2D eigenvalue weighted by molar-refractivity contribution is -0.138. The first-order valence-corrected chi connectivity index (χ1v) is 12.4. The summed E-state index contributed by atoms with van der Waals surface area (Å²) in [4.78, 5) is 38.3. The van der Waals surface area contributed by atoms with E-state index in [1.54, 1.807) is 13.8 Å². The number of halogens is 4. The maximum Gasteiger partial charge on any atom is 0.419 e. The van der Waals surface area contributed by atoms with E-state index < -0.39 is 41.1 Å². The molecule has 38 heavy (non-hydrogen) atoms. The summed E-state index contributed by atoms with van der Waals surface area (Å²) < 4.78 is 66.6. The molecule has 10 heteroatoms. The van der Waals surface area contributed by atoms with E-state index in [2.05, 4.69) is 6.92 Å². The standard InChI is InChI=1S/C28H31F4NO5/c1-16(2)33(26(35)19-8-5-17(3)6-9-19)23-15-22(29)25(14-20(23)27(36)37-4)38-24-10-7-18(11-12-34)13-21(24)28(30,31)32/h7,10,12-17,19H,5-6,8-9,11H2,1-4H3. The zero-order chi connectivity index (χ0) is 28.2. The fourth-order valence-corrected chi connectivity index (χ4v) is 4.68. The highest BCUT2D eigenvalue weighted by Crippen LogP contribution is 2.41. The van der Waals surface area contributed by atoms with Gasteiger partial charge < -0.3 is 19.2 Å². The van der Waals surface area contributed by atoms with Gasteiger partial charge >= 0.3 is 12.1 Å². The zero-order valence-electron chi connectivity index (χ0n) is 21.7. The van der Waals surface area contributed by atoms with Gasteiger partial charge in [-0.15, -0.1) is 0 Å². The second-order valence-corrected chi connectivity index (χ2v) is 9.85. The molecule has 1 fully saturated rings. The normalized spacial score (nSPS) is 17.7. The Morgan fingerprint density at radius 2 is 1.74 bits per heavy atom. The van der Waals surface area contributed by atoms with Crippen LogP contribution in [0.4, 0.5) is 23.2 Å². The molecule has 3 rings (SSSR count). The molecule has 0 aliphatic heterocycles. The number of carbonyl (C=O) groups excluding carboxylic acids is 3. The number of alkyl halides is 3. The van der Waals surface area contributed by atoms with Gasteiger partial charge in [0.25, 0.3) is 0 Å². The van der Waals surface area contributed by atoms with Crippen LogP contribution < -0.4 is 9.64 Å². The molecule has 0 saturated heterocycles. The molecule has 2 aromatic carbocycles. The van der Waals surface area contributed by atoms with Crippen LogP contribution in [0.2, 0.25) is 0 Å². The molecule has 0 spiro atoms. The van der Waals surface area contributed by atoms with E-state index >= 15 is 4.39 Å². The minimum absolute atomic E-state index is 0.0438. The number of rotatable bonds is 8. The summed E-state index contributed by atoms with van der Waals surface area (Å²) in [5, 5.41) is 0. The largest absolute Gasteiger partial charge is 0.465 e. The van der Waals surface area contributed by atoms with Gasteiger partial charge in [0.05, 0.1) is 23.9 Å². The third-order valence-corrected chi connectivity index (χ3v) is 6.72. The first-order chi connectivity index (χ1) is 17.9. The summed E-state index contributed by atoms with van der Waals surface area (Å²) in [7, 11) is 1.10. The molecule has 0 radical (unpaired) electrons. The topological polar surface area (TPSA) is 72.9 Å². The monoisotopic (exact) mass is 537 g/mol. The van der Waals surface area contributed by atoms with Gasteiger partial charge in [-0.1, -0.05) is 13.0 Å². The summed E-state index contributed by atoms with van der Waals surface area (Å²) in [6, 6.07) is 4.41. The van der Waals surface area contributed by atoms with E-state index in [1.807, 2.05) is 0 Å². The van der Waals surface area contributed by atoms with Gasteiger partial charge in [-0.3, -0.25) is 4.79 Å². The first kappa shape index (κ1) is 29.1. The number of anilines is 1. The molecular formula is C28H31F4NO5. The summed E-state index contributed by atoms with van der Waals surface area (Å²) >= 11 is 0. The van der Waals surface area contributed by atoms with Gasteiger partial charge in [-0.25, -0.2) is 9.18 Å². The van der Waals surface area contributed by atoms with Crippen LogP contribution >= 0.6 is 0 Å². The molecule has 206 valence electrons. The van der Waals surface area contributed by atoms with Crippen molar-refractivity contribution in [1.29, 1.82) is 0 Å². The van der Waals surface area contributed by atoms with Gasteiger partial charge in [0.1, 0.15) is 12.0 Å².